The van der Waals surface area contributed by atoms with Crippen LogP contribution >= 0.6 is 0 Å². The maximum absolute atomic E-state index is 12.1. The van der Waals surface area contributed by atoms with E-state index in [2.05, 4.69) is 4.72 Å². The SMILES string of the molecule is NC(=O)c1ccc(CNS(=O)(=O)c2ccc(C(=O)O)cc2)cc1. The Morgan fingerprint density at radius 2 is 1.48 bits per heavy atom. The number of carboxylic acid groups (broad SMARTS) is 1. The van der Waals surface area contributed by atoms with Crippen LogP contribution in [0.4, 0.5) is 0 Å². The van der Waals surface area contributed by atoms with Crippen LogP contribution in [0.3, 0.4) is 0 Å². The number of nitrogens with one attached hydrogen (secondary N) is 1. The lowest BCUT2D eigenvalue weighted by molar-refractivity contribution is 0.0696. The molecule has 0 spiro atoms. The summed E-state index contributed by atoms with van der Waals surface area (Å²) in [6.07, 6.45) is 0. The van der Waals surface area contributed by atoms with Crippen LogP contribution in [-0.4, -0.2) is 25.4 Å². The molecule has 0 aliphatic heterocycles. The van der Waals surface area contributed by atoms with E-state index in [0.717, 1.165) is 0 Å². The molecule has 0 heterocycles. The third kappa shape index (κ3) is 4.15. The summed E-state index contributed by atoms with van der Waals surface area (Å²) in [6.45, 7) is 0.0298. The number of benzene rings is 2. The fourth-order valence-electron chi connectivity index (χ4n) is 1.83. The van der Waals surface area contributed by atoms with Crippen molar-refractivity contribution in [3.8, 4) is 0 Å². The van der Waals surface area contributed by atoms with Gasteiger partial charge in [0.25, 0.3) is 0 Å². The van der Waals surface area contributed by atoms with E-state index >= 15 is 0 Å². The second-order valence-electron chi connectivity index (χ2n) is 4.72. The molecular weight excluding hydrogens is 320 g/mol. The lowest BCUT2D eigenvalue weighted by Crippen LogP contribution is -2.23. The van der Waals surface area contributed by atoms with Crippen molar-refractivity contribution in [2.75, 3.05) is 0 Å². The number of aromatic carboxylic acids is 1. The van der Waals surface area contributed by atoms with Crippen molar-refractivity contribution in [3.05, 3.63) is 65.2 Å². The Kier molecular flexibility index (Phi) is 4.77. The number of carbonyl (C=O) groups is 2. The second kappa shape index (κ2) is 6.59. The number of sulfonamides is 1. The van der Waals surface area contributed by atoms with Gasteiger partial charge in [-0.1, -0.05) is 12.1 Å². The van der Waals surface area contributed by atoms with Gasteiger partial charge in [-0.3, -0.25) is 4.79 Å². The first-order chi connectivity index (χ1) is 10.8. The number of carbonyl (C=O) groups excluding carboxylic acids is 1. The molecule has 2 aromatic carbocycles. The summed E-state index contributed by atoms with van der Waals surface area (Å²) in [7, 11) is -3.76. The van der Waals surface area contributed by atoms with Gasteiger partial charge in [-0.05, 0) is 42.0 Å². The normalized spacial score (nSPS) is 11.1. The fourth-order valence-corrected chi connectivity index (χ4v) is 2.84. The largest absolute Gasteiger partial charge is 0.478 e. The molecule has 0 unspecified atom stereocenters. The molecule has 1 amide bonds. The van der Waals surface area contributed by atoms with Gasteiger partial charge in [0, 0.05) is 12.1 Å². The van der Waals surface area contributed by atoms with Gasteiger partial charge >= 0.3 is 5.97 Å². The molecular formula is C15H14N2O5S. The number of hydrogen-bond donors (Lipinski definition) is 3. The number of amides is 1. The molecule has 23 heavy (non-hydrogen) atoms. The van der Waals surface area contributed by atoms with Crippen molar-refractivity contribution in [2.45, 2.75) is 11.4 Å². The van der Waals surface area contributed by atoms with E-state index in [1.54, 1.807) is 12.1 Å². The monoisotopic (exact) mass is 334 g/mol. The minimum absolute atomic E-state index is 0.00555. The lowest BCUT2D eigenvalue weighted by atomic mass is 10.1. The van der Waals surface area contributed by atoms with Crippen molar-refractivity contribution in [1.82, 2.24) is 4.72 Å². The smallest absolute Gasteiger partial charge is 0.335 e. The first kappa shape index (κ1) is 16.7. The Balaban J connectivity index is 2.09. The van der Waals surface area contributed by atoms with Gasteiger partial charge in [0.05, 0.1) is 10.5 Å². The molecule has 0 atom stereocenters. The van der Waals surface area contributed by atoms with E-state index in [1.807, 2.05) is 0 Å². The molecule has 0 aromatic heterocycles. The Hall–Kier alpha value is -2.71. The molecule has 0 bridgehead atoms. The predicted molar refractivity (Wildman–Crippen MR) is 82.4 cm³/mol. The van der Waals surface area contributed by atoms with E-state index < -0.39 is 21.9 Å². The van der Waals surface area contributed by atoms with E-state index in [1.165, 1.54) is 36.4 Å². The fraction of sp³-hybridized carbons (Fsp3) is 0.0667. The van der Waals surface area contributed by atoms with E-state index in [4.69, 9.17) is 10.8 Å². The summed E-state index contributed by atoms with van der Waals surface area (Å²) in [5.74, 6) is -1.69. The molecule has 2 aromatic rings. The summed E-state index contributed by atoms with van der Waals surface area (Å²) in [6, 6.07) is 11.1. The maximum atomic E-state index is 12.1. The van der Waals surface area contributed by atoms with Gasteiger partial charge in [0.2, 0.25) is 15.9 Å². The van der Waals surface area contributed by atoms with E-state index in [0.29, 0.717) is 11.1 Å². The van der Waals surface area contributed by atoms with Crippen molar-refractivity contribution in [2.24, 2.45) is 5.73 Å². The molecule has 0 aliphatic rings. The third-order valence-electron chi connectivity index (χ3n) is 3.12. The quantitative estimate of drug-likeness (QED) is 0.725. The van der Waals surface area contributed by atoms with Gasteiger partial charge in [-0.25, -0.2) is 17.9 Å². The second-order valence-corrected chi connectivity index (χ2v) is 6.48. The van der Waals surface area contributed by atoms with E-state index in [9.17, 15) is 18.0 Å². The molecule has 0 fully saturated rings. The van der Waals surface area contributed by atoms with E-state index in [-0.39, 0.29) is 17.0 Å². The van der Waals surface area contributed by atoms with Crippen molar-refractivity contribution < 1.29 is 23.1 Å². The van der Waals surface area contributed by atoms with Gasteiger partial charge in [0.15, 0.2) is 0 Å². The van der Waals surface area contributed by atoms with Crippen molar-refractivity contribution in [1.29, 1.82) is 0 Å². The minimum atomic E-state index is -3.76. The number of primary amides is 1. The number of hydrogen-bond acceptors (Lipinski definition) is 4. The highest BCUT2D eigenvalue weighted by atomic mass is 32.2. The van der Waals surface area contributed by atoms with Crippen LogP contribution in [0.2, 0.25) is 0 Å². The molecule has 0 saturated carbocycles. The number of nitrogens with two attached hydrogens (primary N) is 1. The van der Waals surface area contributed by atoms with Crippen LogP contribution in [0.1, 0.15) is 26.3 Å². The first-order valence-electron chi connectivity index (χ1n) is 6.51. The molecule has 7 nitrogen and oxygen atoms in total. The van der Waals surface area contributed by atoms with Crippen LogP contribution in [0.15, 0.2) is 53.4 Å². The summed E-state index contributed by atoms with van der Waals surface area (Å²) in [5, 5.41) is 8.79. The Morgan fingerprint density at radius 3 is 1.96 bits per heavy atom. The summed E-state index contributed by atoms with van der Waals surface area (Å²) in [4.78, 5) is 21.7. The van der Waals surface area contributed by atoms with Gasteiger partial charge in [0.1, 0.15) is 0 Å². The van der Waals surface area contributed by atoms with Gasteiger partial charge in [-0.2, -0.15) is 0 Å². The topological polar surface area (TPSA) is 127 Å². The molecule has 0 saturated heterocycles. The van der Waals surface area contributed by atoms with Crippen LogP contribution in [0.5, 0.6) is 0 Å². The van der Waals surface area contributed by atoms with Crippen molar-refractivity contribution in [3.63, 3.8) is 0 Å². The first-order valence-corrected chi connectivity index (χ1v) is 8.00. The highest BCUT2D eigenvalue weighted by Gasteiger charge is 2.14. The Bertz CT molecular complexity index is 827. The Morgan fingerprint density at radius 1 is 0.957 bits per heavy atom. The van der Waals surface area contributed by atoms with Crippen LogP contribution in [0, 0.1) is 0 Å². The zero-order chi connectivity index (χ0) is 17.0. The highest BCUT2D eigenvalue weighted by Crippen LogP contribution is 2.12. The number of rotatable bonds is 6. The summed E-state index contributed by atoms with van der Waals surface area (Å²) in [5.41, 5.74) is 6.12. The average Bonchev–Trinajstić information content (AvgIpc) is 2.53. The maximum Gasteiger partial charge on any atom is 0.335 e. The molecule has 0 radical (unpaired) electrons. The Labute approximate surface area is 132 Å². The van der Waals surface area contributed by atoms with Crippen LogP contribution in [-0.2, 0) is 16.6 Å². The predicted octanol–water partition coefficient (Wildman–Crippen LogP) is 0.962. The van der Waals surface area contributed by atoms with Crippen LogP contribution < -0.4 is 10.5 Å². The van der Waals surface area contributed by atoms with Gasteiger partial charge < -0.3 is 10.8 Å². The average molecular weight is 334 g/mol. The van der Waals surface area contributed by atoms with Crippen molar-refractivity contribution >= 4 is 21.9 Å². The van der Waals surface area contributed by atoms with Gasteiger partial charge in [-0.15, -0.1) is 0 Å². The lowest BCUT2D eigenvalue weighted by Gasteiger charge is -2.07. The zero-order valence-corrected chi connectivity index (χ0v) is 12.7. The third-order valence-corrected chi connectivity index (χ3v) is 4.53. The molecule has 2 rings (SSSR count). The molecule has 4 N–H and O–H groups in total. The standard InChI is InChI=1S/C15H14N2O5S/c16-14(18)11-3-1-10(2-4-11)9-17-23(21,22)13-7-5-12(6-8-13)15(19)20/h1-8,17H,9H2,(H2,16,18)(H,19,20). The zero-order valence-electron chi connectivity index (χ0n) is 11.9. The number of carboxylic acids is 1. The van der Waals surface area contributed by atoms with Crippen LogP contribution in [0.25, 0.3) is 0 Å². The summed E-state index contributed by atoms with van der Waals surface area (Å²) >= 11 is 0. The molecule has 8 heteroatoms. The molecule has 0 aliphatic carbocycles. The highest BCUT2D eigenvalue weighted by molar-refractivity contribution is 7.89. The molecule has 120 valence electrons. The minimum Gasteiger partial charge on any atom is -0.478 e. The summed E-state index contributed by atoms with van der Waals surface area (Å²) < 4.78 is 26.7.